The van der Waals surface area contributed by atoms with E-state index in [1.165, 1.54) is 51.6 Å². The minimum absolute atomic E-state index is 0.211. The van der Waals surface area contributed by atoms with Gasteiger partial charge in [0.05, 0.1) is 13.2 Å². The van der Waals surface area contributed by atoms with Crippen molar-refractivity contribution in [3.8, 4) is 11.5 Å². The van der Waals surface area contributed by atoms with Crippen molar-refractivity contribution in [2.45, 2.75) is 139 Å². The Morgan fingerprint density at radius 3 is 1.23 bits per heavy atom. The first-order chi connectivity index (χ1) is 29.4. The third-order valence-corrected chi connectivity index (χ3v) is 15.6. The van der Waals surface area contributed by atoms with Crippen molar-refractivity contribution in [3.63, 3.8) is 0 Å². The molecule has 2 saturated heterocycles. The average molecular weight is 817 g/mol. The molecule has 60 heavy (non-hydrogen) atoms. The van der Waals surface area contributed by atoms with Crippen LogP contribution in [0, 0.1) is 11.8 Å². The molecule has 322 valence electrons. The topological polar surface area (TPSA) is 118 Å². The van der Waals surface area contributed by atoms with Crippen LogP contribution in [-0.2, 0) is 0 Å². The smallest absolute Gasteiger partial charge is 0.315 e. The van der Waals surface area contributed by atoms with Crippen molar-refractivity contribution in [2.75, 3.05) is 39.4 Å². The molecule has 0 spiro atoms. The average Bonchev–Trinajstić information content (AvgIpc) is 4.04. The molecule has 0 unspecified atom stereocenters. The number of carbonyl (C=O) groups is 2. The standard InChI is InChI=1S/C50H68N6O4/c51-49(57)53(37-18-14-35(15-19-37)26-30-55-45-22-23-46(55)42-11-2-1-10-41(42)45)28-6-32-59-39-8-5-9-40(34-39)60-33-7-29-54(50(52)58)38-20-16-36(17-21-38)27-31-56-47-24-25-48(56)44-13-4-3-12-43(44)47/h1-5,8-13,34-38,45-48H,6-7,14-33H2,(H2,51,57)(H2,52,58)/t35?,36?,37?,38?,45-,46+,47-,48+. The molecule has 2 saturated carbocycles. The molecule has 3 aromatic carbocycles. The number of benzene rings is 3. The highest BCUT2D eigenvalue weighted by molar-refractivity contribution is 5.72. The molecule has 0 radical (unpaired) electrons. The lowest BCUT2D eigenvalue weighted by Crippen LogP contribution is -2.46. The van der Waals surface area contributed by atoms with Crippen LogP contribution in [0.2, 0.25) is 0 Å². The van der Waals surface area contributed by atoms with Gasteiger partial charge in [-0.1, -0.05) is 54.6 Å². The van der Waals surface area contributed by atoms with Crippen LogP contribution in [0.1, 0.15) is 149 Å². The normalized spacial score (nSPS) is 28.0. The Morgan fingerprint density at radius 2 is 0.883 bits per heavy atom. The number of ether oxygens (including phenoxy) is 2. The molecular weight excluding hydrogens is 749 g/mol. The van der Waals surface area contributed by atoms with Crippen LogP contribution in [0.4, 0.5) is 9.59 Å². The summed E-state index contributed by atoms with van der Waals surface area (Å²) >= 11 is 0. The van der Waals surface area contributed by atoms with Crippen LogP contribution < -0.4 is 20.9 Å². The van der Waals surface area contributed by atoms with Crippen molar-refractivity contribution >= 4 is 12.1 Å². The lowest BCUT2D eigenvalue weighted by molar-refractivity contribution is 0.133. The van der Waals surface area contributed by atoms with Crippen LogP contribution in [0.25, 0.3) is 0 Å². The van der Waals surface area contributed by atoms with E-state index in [2.05, 4.69) is 58.3 Å². The molecule has 4 N–H and O–H groups in total. The van der Waals surface area contributed by atoms with Crippen LogP contribution in [-0.4, -0.2) is 83.1 Å². The molecule has 4 fully saturated rings. The molecule has 0 aromatic heterocycles. The Labute approximate surface area is 357 Å². The van der Waals surface area contributed by atoms with Gasteiger partial charge in [-0.2, -0.15) is 0 Å². The lowest BCUT2D eigenvalue weighted by atomic mass is 9.83. The zero-order chi connectivity index (χ0) is 41.0. The zero-order valence-corrected chi connectivity index (χ0v) is 35.7. The zero-order valence-electron chi connectivity index (χ0n) is 35.7. The van der Waals surface area contributed by atoms with Crippen molar-refractivity contribution in [1.29, 1.82) is 0 Å². The van der Waals surface area contributed by atoms with Crippen molar-refractivity contribution in [2.24, 2.45) is 23.3 Å². The number of fused-ring (bicyclic) bond motifs is 10. The molecule has 10 nitrogen and oxygen atoms in total. The number of rotatable bonds is 18. The highest BCUT2D eigenvalue weighted by atomic mass is 16.5. The van der Waals surface area contributed by atoms with Gasteiger partial charge < -0.3 is 30.7 Å². The maximum absolute atomic E-state index is 12.6. The summed E-state index contributed by atoms with van der Waals surface area (Å²) in [5.41, 5.74) is 18.1. The number of amides is 4. The van der Waals surface area contributed by atoms with Gasteiger partial charge in [-0.3, -0.25) is 9.80 Å². The highest BCUT2D eigenvalue weighted by Gasteiger charge is 2.44. The maximum Gasteiger partial charge on any atom is 0.315 e. The third kappa shape index (κ3) is 8.87. The number of nitrogens with zero attached hydrogens (tertiary/aromatic N) is 4. The second-order valence-electron chi connectivity index (χ2n) is 18.8. The van der Waals surface area contributed by atoms with Crippen LogP contribution in [0.3, 0.4) is 0 Å². The van der Waals surface area contributed by atoms with Gasteiger partial charge in [-0.05, 0) is 162 Å². The molecule has 2 aliphatic carbocycles. The summed E-state index contributed by atoms with van der Waals surface area (Å²) < 4.78 is 12.2. The molecule has 4 aliphatic heterocycles. The van der Waals surface area contributed by atoms with Gasteiger partial charge in [0.2, 0.25) is 0 Å². The van der Waals surface area contributed by atoms with E-state index in [4.69, 9.17) is 20.9 Å². The largest absolute Gasteiger partial charge is 0.493 e. The fraction of sp³-hybridized carbons (Fsp3) is 0.600. The summed E-state index contributed by atoms with van der Waals surface area (Å²) in [5.74, 6) is 2.92. The second-order valence-corrected chi connectivity index (χ2v) is 18.8. The molecular formula is C50H68N6O4. The first kappa shape index (κ1) is 41.1. The summed E-state index contributed by atoms with van der Waals surface area (Å²) in [7, 11) is 0. The Kier molecular flexibility index (Phi) is 12.9. The number of nitrogens with two attached hydrogens (primary N) is 2. The van der Waals surface area contributed by atoms with Gasteiger partial charge in [0.15, 0.2) is 0 Å². The summed E-state index contributed by atoms with van der Waals surface area (Å²) in [6.07, 6.45) is 17.8. The monoisotopic (exact) mass is 817 g/mol. The predicted molar refractivity (Wildman–Crippen MR) is 236 cm³/mol. The van der Waals surface area contributed by atoms with E-state index < -0.39 is 0 Å². The summed E-state index contributed by atoms with van der Waals surface area (Å²) in [6.45, 7) is 4.53. The number of hydrogen-bond acceptors (Lipinski definition) is 6. The summed E-state index contributed by atoms with van der Waals surface area (Å²) in [4.78, 5) is 34.4. The van der Waals surface area contributed by atoms with E-state index in [-0.39, 0.29) is 24.1 Å². The van der Waals surface area contributed by atoms with Gasteiger partial charge in [-0.25, -0.2) is 9.59 Å². The van der Waals surface area contributed by atoms with Gasteiger partial charge in [0.1, 0.15) is 11.5 Å². The van der Waals surface area contributed by atoms with E-state index in [0.29, 0.717) is 75.1 Å². The molecule has 4 heterocycles. The number of urea groups is 2. The fourth-order valence-corrected chi connectivity index (χ4v) is 12.5. The first-order valence-corrected chi connectivity index (χ1v) is 23.6. The quantitative estimate of drug-likeness (QED) is 0.124. The van der Waals surface area contributed by atoms with Gasteiger partial charge in [0, 0.05) is 55.4 Å². The Bertz CT molecular complexity index is 1730. The van der Waals surface area contributed by atoms with E-state index in [1.54, 1.807) is 22.3 Å². The Balaban J connectivity index is 0.647. The fourth-order valence-electron chi connectivity index (χ4n) is 12.5. The molecule has 9 rings (SSSR count). The first-order valence-electron chi connectivity index (χ1n) is 23.6. The molecule has 10 heteroatoms. The number of primary amides is 2. The Morgan fingerprint density at radius 1 is 0.517 bits per heavy atom. The Hall–Kier alpha value is -4.28. The minimum atomic E-state index is -0.325. The van der Waals surface area contributed by atoms with E-state index >= 15 is 0 Å². The predicted octanol–water partition coefficient (Wildman–Crippen LogP) is 9.67. The maximum atomic E-state index is 12.6. The van der Waals surface area contributed by atoms with Gasteiger partial charge in [0.25, 0.3) is 0 Å². The number of hydrogen-bond donors (Lipinski definition) is 2. The number of carbonyl (C=O) groups excluding carboxylic acids is 2. The summed E-state index contributed by atoms with van der Waals surface area (Å²) in [6, 6.07) is 28.0. The van der Waals surface area contributed by atoms with Crippen LogP contribution >= 0.6 is 0 Å². The SMILES string of the molecule is NC(=O)N(CCCOc1cccc(OCCCN(C(N)=O)C2CCC(CCN3[C@@H]4CC[C@H]3c3ccccc34)CC2)c1)C1CCC(CCN2[C@@H]3CC[C@H]2c2ccccc23)CC1. The van der Waals surface area contributed by atoms with Crippen molar-refractivity contribution < 1.29 is 19.1 Å². The van der Waals surface area contributed by atoms with E-state index in [0.717, 1.165) is 62.9 Å². The molecule has 4 bridgehead atoms. The van der Waals surface area contributed by atoms with Crippen molar-refractivity contribution in [1.82, 2.24) is 19.6 Å². The van der Waals surface area contributed by atoms with E-state index in [9.17, 15) is 9.59 Å². The molecule has 4 amide bonds. The minimum Gasteiger partial charge on any atom is -0.493 e. The second kappa shape index (κ2) is 18.8. The van der Waals surface area contributed by atoms with E-state index in [1.807, 2.05) is 34.1 Å². The third-order valence-electron chi connectivity index (χ3n) is 15.6. The van der Waals surface area contributed by atoms with Crippen molar-refractivity contribution in [3.05, 3.63) is 95.1 Å². The van der Waals surface area contributed by atoms with Gasteiger partial charge >= 0.3 is 12.1 Å². The van der Waals surface area contributed by atoms with Gasteiger partial charge in [-0.15, -0.1) is 0 Å². The molecule has 3 aromatic rings. The lowest BCUT2D eigenvalue weighted by Gasteiger charge is -2.36. The molecule has 4 atom stereocenters. The highest BCUT2D eigenvalue weighted by Crippen LogP contribution is 2.54. The molecule has 6 aliphatic rings. The van der Waals surface area contributed by atoms with Crippen LogP contribution in [0.5, 0.6) is 11.5 Å². The summed E-state index contributed by atoms with van der Waals surface area (Å²) in [5, 5.41) is 0. The van der Waals surface area contributed by atoms with Crippen LogP contribution in [0.15, 0.2) is 72.8 Å².